The van der Waals surface area contributed by atoms with Gasteiger partial charge in [-0.15, -0.1) is 5.10 Å². The Morgan fingerprint density at radius 1 is 1.35 bits per heavy atom. The quantitative estimate of drug-likeness (QED) is 0.891. The maximum atomic E-state index is 11.7. The van der Waals surface area contributed by atoms with Crippen LogP contribution in [0.15, 0.2) is 18.2 Å². The lowest BCUT2D eigenvalue weighted by atomic mass is 9.93. The fraction of sp³-hybridized carbons (Fsp3) is 0.462. The van der Waals surface area contributed by atoms with Crippen molar-refractivity contribution in [1.82, 2.24) is 25.2 Å². The van der Waals surface area contributed by atoms with Gasteiger partial charge in [-0.3, -0.25) is 0 Å². The van der Waals surface area contributed by atoms with E-state index in [9.17, 15) is 9.90 Å². The highest BCUT2D eigenvalue weighted by molar-refractivity contribution is 5.77. The summed E-state index contributed by atoms with van der Waals surface area (Å²) in [5.74, 6) is -0.566. The Morgan fingerprint density at radius 3 is 2.60 bits per heavy atom. The number of aryl methyl sites for hydroxylation is 1. The third-order valence-electron chi connectivity index (χ3n) is 3.56. The van der Waals surface area contributed by atoms with Crippen LogP contribution in [0.1, 0.15) is 32.4 Å². The number of carboxylic acids is 1. The van der Waals surface area contributed by atoms with Gasteiger partial charge in [0, 0.05) is 5.69 Å². The molecule has 0 spiro atoms. The number of carboxylic acid groups (broad SMARTS) is 1. The molecule has 0 aliphatic rings. The first-order valence-corrected chi connectivity index (χ1v) is 6.51. The number of hydrogen-bond acceptors (Lipinski definition) is 5. The lowest BCUT2D eigenvalue weighted by molar-refractivity contribution is -0.148. The third kappa shape index (κ3) is 2.15. The van der Waals surface area contributed by atoms with E-state index in [1.54, 1.807) is 6.07 Å². The van der Waals surface area contributed by atoms with E-state index in [4.69, 9.17) is 0 Å². The molecule has 0 saturated heterocycles. The molecule has 1 N–H and O–H groups in total. The molecule has 106 valence electrons. The molecule has 0 bridgehead atoms. The van der Waals surface area contributed by atoms with Gasteiger partial charge >= 0.3 is 5.97 Å². The molecule has 0 aromatic carbocycles. The molecule has 0 radical (unpaired) electrons. The van der Waals surface area contributed by atoms with E-state index in [2.05, 4.69) is 20.5 Å². The van der Waals surface area contributed by atoms with E-state index in [1.807, 2.05) is 32.9 Å². The summed E-state index contributed by atoms with van der Waals surface area (Å²) >= 11 is 0. The lowest BCUT2D eigenvalue weighted by Gasteiger charge is -2.27. The van der Waals surface area contributed by atoms with Gasteiger partial charge in [0.25, 0.3) is 0 Å². The van der Waals surface area contributed by atoms with E-state index >= 15 is 0 Å². The molecule has 2 aromatic heterocycles. The number of nitrogens with zero attached hydrogens (tertiary/aromatic N) is 5. The first kappa shape index (κ1) is 14.1. The van der Waals surface area contributed by atoms with Crippen molar-refractivity contribution in [1.29, 1.82) is 0 Å². The Kier molecular flexibility index (Phi) is 3.78. The van der Waals surface area contributed by atoms with E-state index < -0.39 is 11.5 Å². The molecule has 0 saturated carbocycles. The number of tetrazole rings is 1. The summed E-state index contributed by atoms with van der Waals surface area (Å²) in [4.78, 5) is 16.1. The second-order valence-corrected chi connectivity index (χ2v) is 4.62. The number of rotatable bonds is 5. The highest BCUT2D eigenvalue weighted by Gasteiger charge is 2.40. The van der Waals surface area contributed by atoms with Crippen LogP contribution in [0.3, 0.4) is 0 Å². The highest BCUT2D eigenvalue weighted by Crippen LogP contribution is 2.28. The van der Waals surface area contributed by atoms with Crippen molar-refractivity contribution in [2.75, 3.05) is 0 Å². The van der Waals surface area contributed by atoms with Gasteiger partial charge < -0.3 is 5.11 Å². The number of hydrogen-bond donors (Lipinski definition) is 1. The molecule has 2 heterocycles. The number of carbonyl (C=O) groups is 1. The SMILES string of the molecule is CCC(CC)(C(=O)O)n1nnnc1-c1cccc(C)n1. The summed E-state index contributed by atoms with van der Waals surface area (Å²) in [6.07, 6.45) is 0.783. The Bertz CT molecular complexity index is 619. The number of aliphatic carboxylic acids is 1. The van der Waals surface area contributed by atoms with Crippen LogP contribution in [0, 0.1) is 6.92 Å². The zero-order valence-electron chi connectivity index (χ0n) is 11.7. The normalized spacial score (nSPS) is 11.6. The predicted molar refractivity (Wildman–Crippen MR) is 72.0 cm³/mol. The Hall–Kier alpha value is -2.31. The summed E-state index contributed by atoms with van der Waals surface area (Å²) in [7, 11) is 0. The second-order valence-electron chi connectivity index (χ2n) is 4.62. The average Bonchev–Trinajstić information content (AvgIpc) is 2.90. The second kappa shape index (κ2) is 5.36. The van der Waals surface area contributed by atoms with Gasteiger partial charge in [0.15, 0.2) is 5.54 Å². The van der Waals surface area contributed by atoms with Crippen molar-refractivity contribution < 1.29 is 9.90 Å². The van der Waals surface area contributed by atoms with Gasteiger partial charge in [0.05, 0.1) is 0 Å². The van der Waals surface area contributed by atoms with Crippen LogP contribution in [0.4, 0.5) is 0 Å². The summed E-state index contributed by atoms with van der Waals surface area (Å²) in [5, 5.41) is 21.1. The number of pyridine rings is 1. The molecule has 0 aliphatic heterocycles. The fourth-order valence-electron chi connectivity index (χ4n) is 2.25. The minimum atomic E-state index is -1.15. The van der Waals surface area contributed by atoms with Crippen LogP contribution in [-0.4, -0.2) is 36.3 Å². The van der Waals surface area contributed by atoms with Crippen molar-refractivity contribution in [3.63, 3.8) is 0 Å². The predicted octanol–water partition coefficient (Wildman–Crippen LogP) is 1.64. The summed E-state index contributed by atoms with van der Waals surface area (Å²) in [6.45, 7) is 5.49. The Morgan fingerprint density at radius 2 is 2.05 bits per heavy atom. The molecule has 0 atom stereocenters. The van der Waals surface area contributed by atoms with Crippen molar-refractivity contribution in [3.05, 3.63) is 23.9 Å². The van der Waals surface area contributed by atoms with Crippen LogP contribution in [0.25, 0.3) is 11.5 Å². The smallest absolute Gasteiger partial charge is 0.331 e. The van der Waals surface area contributed by atoms with Crippen LogP contribution < -0.4 is 0 Å². The molecule has 0 fully saturated rings. The first-order valence-electron chi connectivity index (χ1n) is 6.51. The molecule has 0 unspecified atom stereocenters. The van der Waals surface area contributed by atoms with E-state index in [0.717, 1.165) is 5.69 Å². The van der Waals surface area contributed by atoms with Gasteiger partial charge in [0.2, 0.25) is 5.82 Å². The summed E-state index contributed by atoms with van der Waals surface area (Å²) in [6, 6.07) is 5.48. The van der Waals surface area contributed by atoms with Crippen LogP contribution >= 0.6 is 0 Å². The average molecular weight is 275 g/mol. The van der Waals surface area contributed by atoms with E-state index in [-0.39, 0.29) is 0 Å². The van der Waals surface area contributed by atoms with Crippen molar-refractivity contribution >= 4 is 5.97 Å². The highest BCUT2D eigenvalue weighted by atomic mass is 16.4. The molecule has 2 rings (SSSR count). The zero-order valence-corrected chi connectivity index (χ0v) is 11.7. The Balaban J connectivity index is 2.60. The van der Waals surface area contributed by atoms with Gasteiger partial charge in [-0.2, -0.15) is 0 Å². The van der Waals surface area contributed by atoms with Crippen LogP contribution in [-0.2, 0) is 10.3 Å². The standard InChI is InChI=1S/C13H17N5O2/c1-4-13(5-2,12(19)20)18-11(15-16-17-18)10-8-6-7-9(3)14-10/h6-8H,4-5H2,1-3H3,(H,19,20). The van der Waals surface area contributed by atoms with Crippen molar-refractivity contribution in [2.24, 2.45) is 0 Å². The molecule has 2 aromatic rings. The van der Waals surface area contributed by atoms with Gasteiger partial charge in [-0.05, 0) is 42.3 Å². The van der Waals surface area contributed by atoms with Gasteiger partial charge in [0.1, 0.15) is 5.69 Å². The molecule has 7 heteroatoms. The lowest BCUT2D eigenvalue weighted by Crippen LogP contribution is -2.42. The Labute approximate surface area is 116 Å². The van der Waals surface area contributed by atoms with Crippen molar-refractivity contribution in [2.45, 2.75) is 39.2 Å². The third-order valence-corrected chi connectivity index (χ3v) is 3.56. The van der Waals surface area contributed by atoms with Crippen LogP contribution in [0.5, 0.6) is 0 Å². The molecule has 0 amide bonds. The molecule has 7 nitrogen and oxygen atoms in total. The van der Waals surface area contributed by atoms with E-state index in [1.165, 1.54) is 4.68 Å². The molecular formula is C13H17N5O2. The minimum absolute atomic E-state index is 0.375. The zero-order chi connectivity index (χ0) is 14.8. The summed E-state index contributed by atoms with van der Waals surface area (Å²) in [5.41, 5.74) is 0.248. The van der Waals surface area contributed by atoms with Gasteiger partial charge in [-0.25, -0.2) is 14.5 Å². The van der Waals surface area contributed by atoms with Crippen LogP contribution in [0.2, 0.25) is 0 Å². The monoisotopic (exact) mass is 275 g/mol. The number of aromatic nitrogens is 5. The largest absolute Gasteiger partial charge is 0.479 e. The molecular weight excluding hydrogens is 258 g/mol. The summed E-state index contributed by atoms with van der Waals surface area (Å²) < 4.78 is 1.37. The molecule has 20 heavy (non-hydrogen) atoms. The van der Waals surface area contributed by atoms with Crippen molar-refractivity contribution in [3.8, 4) is 11.5 Å². The topological polar surface area (TPSA) is 93.8 Å². The van der Waals surface area contributed by atoms with Gasteiger partial charge in [-0.1, -0.05) is 19.9 Å². The molecule has 0 aliphatic carbocycles. The maximum Gasteiger partial charge on any atom is 0.331 e. The first-order chi connectivity index (χ1) is 9.55. The fourth-order valence-corrected chi connectivity index (χ4v) is 2.25. The van der Waals surface area contributed by atoms with E-state index in [0.29, 0.717) is 24.4 Å². The maximum absolute atomic E-state index is 11.7. The minimum Gasteiger partial charge on any atom is -0.479 e.